The van der Waals surface area contributed by atoms with Gasteiger partial charge in [-0.2, -0.15) is 4.98 Å². The van der Waals surface area contributed by atoms with Crippen molar-refractivity contribution in [1.82, 2.24) is 9.97 Å². The van der Waals surface area contributed by atoms with Crippen molar-refractivity contribution in [3.63, 3.8) is 0 Å². The van der Waals surface area contributed by atoms with Crippen LogP contribution in [0.4, 0.5) is 5.82 Å². The second-order valence-corrected chi connectivity index (χ2v) is 4.70. The van der Waals surface area contributed by atoms with E-state index in [0.717, 1.165) is 16.5 Å². The summed E-state index contributed by atoms with van der Waals surface area (Å²) >= 11 is 3.43. The predicted octanol–water partition coefficient (Wildman–Crippen LogP) is 3.48. The summed E-state index contributed by atoms with van der Waals surface area (Å²) < 4.78 is 6.66. The van der Waals surface area contributed by atoms with Gasteiger partial charge in [0, 0.05) is 6.42 Å². The second kappa shape index (κ2) is 5.35. The molecule has 0 bridgehead atoms. The van der Waals surface area contributed by atoms with Crippen molar-refractivity contribution in [3.05, 3.63) is 40.1 Å². The number of nitrogen functional groups attached to an aromatic ring is 1. The van der Waals surface area contributed by atoms with Gasteiger partial charge in [0.25, 0.3) is 0 Å². The number of rotatable bonds is 3. The first kappa shape index (κ1) is 12.8. The van der Waals surface area contributed by atoms with Crippen molar-refractivity contribution < 1.29 is 4.74 Å². The Morgan fingerprint density at radius 2 is 2.00 bits per heavy atom. The molecular formula is C13H14BrN3O. The van der Waals surface area contributed by atoms with E-state index in [0.29, 0.717) is 23.3 Å². The maximum atomic E-state index is 5.85. The Kier molecular flexibility index (Phi) is 3.81. The molecule has 1 heterocycles. The molecule has 0 aliphatic carbocycles. The summed E-state index contributed by atoms with van der Waals surface area (Å²) in [4.78, 5) is 8.54. The molecule has 5 heteroatoms. The molecule has 0 amide bonds. The van der Waals surface area contributed by atoms with Gasteiger partial charge < -0.3 is 10.5 Å². The van der Waals surface area contributed by atoms with Gasteiger partial charge in [-0.15, -0.1) is 0 Å². The molecule has 0 saturated carbocycles. The number of anilines is 1. The topological polar surface area (TPSA) is 61.0 Å². The zero-order valence-electron chi connectivity index (χ0n) is 10.3. The van der Waals surface area contributed by atoms with E-state index in [2.05, 4.69) is 25.9 Å². The quantitative estimate of drug-likeness (QED) is 0.943. The number of halogens is 1. The van der Waals surface area contributed by atoms with Crippen LogP contribution < -0.4 is 10.5 Å². The lowest BCUT2D eigenvalue weighted by molar-refractivity contribution is 0.452. The number of hydrogen-bond donors (Lipinski definition) is 1. The van der Waals surface area contributed by atoms with E-state index in [-0.39, 0.29) is 0 Å². The maximum absolute atomic E-state index is 5.85. The maximum Gasteiger partial charge on any atom is 0.227 e. The molecule has 1 aromatic carbocycles. The van der Waals surface area contributed by atoms with Crippen molar-refractivity contribution in [2.45, 2.75) is 20.3 Å². The third-order valence-corrected chi connectivity index (χ3v) is 3.20. The average Bonchev–Trinajstić information content (AvgIpc) is 2.37. The third kappa shape index (κ3) is 2.61. The van der Waals surface area contributed by atoms with Gasteiger partial charge >= 0.3 is 0 Å². The van der Waals surface area contributed by atoms with Gasteiger partial charge in [0.1, 0.15) is 17.4 Å². The SMILES string of the molecule is CCc1nc(N)c(C)c(Oc2ccccc2Br)n1. The standard InChI is InChI=1S/C13H14BrN3O/c1-3-11-16-12(15)8(2)13(17-11)18-10-7-5-4-6-9(10)14/h4-7H,3H2,1-2H3,(H2,15,16,17). The number of para-hydroxylation sites is 1. The lowest BCUT2D eigenvalue weighted by Crippen LogP contribution is -2.04. The van der Waals surface area contributed by atoms with E-state index < -0.39 is 0 Å². The number of aromatic nitrogens is 2. The highest BCUT2D eigenvalue weighted by molar-refractivity contribution is 9.10. The van der Waals surface area contributed by atoms with E-state index in [1.807, 2.05) is 38.1 Å². The molecule has 2 rings (SSSR count). The first-order chi connectivity index (χ1) is 8.61. The largest absolute Gasteiger partial charge is 0.437 e. The van der Waals surface area contributed by atoms with E-state index in [1.165, 1.54) is 0 Å². The first-order valence-electron chi connectivity index (χ1n) is 5.67. The Morgan fingerprint density at radius 3 is 2.67 bits per heavy atom. The van der Waals surface area contributed by atoms with Crippen LogP contribution in [0, 0.1) is 6.92 Å². The van der Waals surface area contributed by atoms with Gasteiger partial charge in [-0.25, -0.2) is 4.98 Å². The molecule has 0 spiro atoms. The minimum atomic E-state index is 0.462. The highest BCUT2D eigenvalue weighted by Gasteiger charge is 2.11. The molecule has 0 unspecified atom stereocenters. The monoisotopic (exact) mass is 307 g/mol. The highest BCUT2D eigenvalue weighted by atomic mass is 79.9. The predicted molar refractivity (Wildman–Crippen MR) is 74.8 cm³/mol. The summed E-state index contributed by atoms with van der Waals surface area (Å²) in [5.41, 5.74) is 6.60. The Morgan fingerprint density at radius 1 is 1.28 bits per heavy atom. The third-order valence-electron chi connectivity index (χ3n) is 2.54. The van der Waals surface area contributed by atoms with E-state index in [4.69, 9.17) is 10.5 Å². The van der Waals surface area contributed by atoms with Crippen molar-refractivity contribution in [2.24, 2.45) is 0 Å². The average molecular weight is 308 g/mol. The molecule has 0 saturated heterocycles. The van der Waals surface area contributed by atoms with Gasteiger partial charge in [0.05, 0.1) is 10.0 Å². The summed E-state index contributed by atoms with van der Waals surface area (Å²) in [6, 6.07) is 7.61. The summed E-state index contributed by atoms with van der Waals surface area (Å²) in [5.74, 6) is 2.36. The molecule has 1 aromatic heterocycles. The number of ether oxygens (including phenoxy) is 1. The van der Waals surface area contributed by atoms with Crippen molar-refractivity contribution in [3.8, 4) is 11.6 Å². The van der Waals surface area contributed by atoms with Crippen molar-refractivity contribution in [1.29, 1.82) is 0 Å². The van der Waals surface area contributed by atoms with Gasteiger partial charge in [0.2, 0.25) is 5.88 Å². The minimum absolute atomic E-state index is 0.462. The molecule has 4 nitrogen and oxygen atoms in total. The lowest BCUT2D eigenvalue weighted by atomic mass is 10.3. The van der Waals surface area contributed by atoms with Crippen LogP contribution in [-0.4, -0.2) is 9.97 Å². The second-order valence-electron chi connectivity index (χ2n) is 3.84. The molecule has 2 aromatic rings. The van der Waals surface area contributed by atoms with Gasteiger partial charge in [-0.3, -0.25) is 0 Å². The Balaban J connectivity index is 2.40. The summed E-state index contributed by atoms with van der Waals surface area (Å²) in [6.07, 6.45) is 0.719. The van der Waals surface area contributed by atoms with Crippen LogP contribution in [0.2, 0.25) is 0 Å². The van der Waals surface area contributed by atoms with Gasteiger partial charge in [-0.05, 0) is 35.0 Å². The molecule has 94 valence electrons. The molecule has 18 heavy (non-hydrogen) atoms. The number of hydrogen-bond acceptors (Lipinski definition) is 4. The van der Waals surface area contributed by atoms with E-state index in [9.17, 15) is 0 Å². The molecule has 2 N–H and O–H groups in total. The van der Waals surface area contributed by atoms with Crippen LogP contribution in [-0.2, 0) is 6.42 Å². The molecule has 0 atom stereocenters. The smallest absolute Gasteiger partial charge is 0.227 e. The molecule has 0 radical (unpaired) electrons. The fourth-order valence-corrected chi connectivity index (χ4v) is 1.81. The molecular weight excluding hydrogens is 294 g/mol. The molecule has 0 aliphatic heterocycles. The summed E-state index contributed by atoms with van der Waals surface area (Å²) in [7, 11) is 0. The van der Waals surface area contributed by atoms with E-state index >= 15 is 0 Å². The number of aryl methyl sites for hydroxylation is 1. The van der Waals surface area contributed by atoms with Crippen molar-refractivity contribution in [2.75, 3.05) is 5.73 Å². The van der Waals surface area contributed by atoms with Crippen LogP contribution in [0.1, 0.15) is 18.3 Å². The van der Waals surface area contributed by atoms with E-state index in [1.54, 1.807) is 0 Å². The van der Waals surface area contributed by atoms with Gasteiger partial charge in [0.15, 0.2) is 0 Å². The Labute approximate surface area is 114 Å². The van der Waals surface area contributed by atoms with Gasteiger partial charge in [-0.1, -0.05) is 19.1 Å². The summed E-state index contributed by atoms with van der Waals surface area (Å²) in [5, 5.41) is 0. The van der Waals surface area contributed by atoms with Crippen molar-refractivity contribution >= 4 is 21.7 Å². The van der Waals surface area contributed by atoms with Crippen LogP contribution >= 0.6 is 15.9 Å². The lowest BCUT2D eigenvalue weighted by Gasteiger charge is -2.11. The van der Waals surface area contributed by atoms with Crippen LogP contribution in [0.25, 0.3) is 0 Å². The van der Waals surface area contributed by atoms with Crippen LogP contribution in [0.3, 0.4) is 0 Å². The Bertz CT molecular complexity index is 572. The molecule has 0 aliphatic rings. The number of benzene rings is 1. The highest BCUT2D eigenvalue weighted by Crippen LogP contribution is 2.31. The number of nitrogens with two attached hydrogens (primary N) is 1. The zero-order chi connectivity index (χ0) is 13.1. The molecule has 0 fully saturated rings. The normalized spacial score (nSPS) is 10.4. The zero-order valence-corrected chi connectivity index (χ0v) is 11.9. The number of nitrogens with zero attached hydrogens (tertiary/aromatic N) is 2. The van der Waals surface area contributed by atoms with Crippen LogP contribution in [0.15, 0.2) is 28.7 Å². The van der Waals surface area contributed by atoms with Crippen LogP contribution in [0.5, 0.6) is 11.6 Å². The fraction of sp³-hybridized carbons (Fsp3) is 0.231. The fourth-order valence-electron chi connectivity index (χ4n) is 1.45. The first-order valence-corrected chi connectivity index (χ1v) is 6.46. The Hall–Kier alpha value is -1.62. The summed E-state index contributed by atoms with van der Waals surface area (Å²) in [6.45, 7) is 3.83. The minimum Gasteiger partial charge on any atom is -0.437 e.